The Balaban J connectivity index is 1.41. The zero-order valence-corrected chi connectivity index (χ0v) is 21.4. The number of hydrogen-bond donors (Lipinski definition) is 1. The number of hydrogen-bond acceptors (Lipinski definition) is 8. The van der Waals surface area contributed by atoms with Crippen molar-refractivity contribution < 1.29 is 9.47 Å². The zero-order valence-electron chi connectivity index (χ0n) is 21.4. The summed E-state index contributed by atoms with van der Waals surface area (Å²) in [4.78, 5) is 14.5. The van der Waals surface area contributed by atoms with Crippen molar-refractivity contribution in [2.24, 2.45) is 0 Å². The third kappa shape index (κ3) is 4.32. The molecule has 1 aliphatic rings. The molecule has 0 aliphatic carbocycles. The maximum absolute atomic E-state index is 6.69. The van der Waals surface area contributed by atoms with Gasteiger partial charge in [0, 0.05) is 37.4 Å². The first kappa shape index (κ1) is 23.6. The maximum atomic E-state index is 6.69. The molecule has 3 heterocycles. The van der Waals surface area contributed by atoms with E-state index in [-0.39, 0.29) is 0 Å². The molecule has 3 aromatic carbocycles. The van der Waals surface area contributed by atoms with Gasteiger partial charge in [-0.2, -0.15) is 4.98 Å². The van der Waals surface area contributed by atoms with E-state index in [0.29, 0.717) is 17.4 Å². The molecule has 0 unspecified atom stereocenters. The minimum absolute atomic E-state index is 0.483. The van der Waals surface area contributed by atoms with E-state index < -0.39 is 0 Å². The third-order valence-corrected chi connectivity index (χ3v) is 6.92. The van der Waals surface area contributed by atoms with E-state index in [4.69, 9.17) is 30.3 Å². The molecular weight excluding hydrogens is 478 g/mol. The molecule has 1 fully saturated rings. The Kier molecular flexibility index (Phi) is 6.17. The highest BCUT2D eigenvalue weighted by Crippen LogP contribution is 2.34. The molecule has 5 aromatic rings. The Morgan fingerprint density at radius 3 is 1.92 bits per heavy atom. The number of nitrogens with zero attached hydrogens (tertiary/aromatic N) is 6. The third-order valence-electron chi connectivity index (χ3n) is 6.92. The minimum atomic E-state index is 0.483. The molecule has 0 bridgehead atoms. The summed E-state index contributed by atoms with van der Waals surface area (Å²) in [5, 5.41) is 5.53. The first-order chi connectivity index (χ1) is 18.6. The van der Waals surface area contributed by atoms with Gasteiger partial charge in [0.05, 0.1) is 31.0 Å². The molecule has 9 heteroatoms. The number of nitrogen functional groups attached to an aromatic ring is 1. The van der Waals surface area contributed by atoms with Gasteiger partial charge in [-0.05, 0) is 60.7 Å². The Labute approximate surface area is 221 Å². The van der Waals surface area contributed by atoms with Crippen molar-refractivity contribution in [2.75, 3.05) is 55.9 Å². The number of fused-ring (bicyclic) bond motifs is 1. The highest BCUT2D eigenvalue weighted by atomic mass is 16.5. The van der Waals surface area contributed by atoms with Crippen molar-refractivity contribution in [3.8, 4) is 28.4 Å². The fourth-order valence-electron chi connectivity index (χ4n) is 4.82. The van der Waals surface area contributed by atoms with Gasteiger partial charge in [-0.3, -0.25) is 0 Å². The quantitative estimate of drug-likeness (QED) is 0.361. The van der Waals surface area contributed by atoms with Crippen LogP contribution in [-0.4, -0.2) is 60.1 Å². The molecule has 2 N–H and O–H groups in total. The second-order valence-corrected chi connectivity index (χ2v) is 9.10. The van der Waals surface area contributed by atoms with E-state index in [1.807, 2.05) is 54.6 Å². The molecule has 2 aromatic heterocycles. The Bertz CT molecular complexity index is 1540. The molecule has 6 rings (SSSR count). The standard InChI is InChI=1S/C29H29N7O2/c1-37-23-12-8-20(9-13-23)26-25-27(30)36(22-10-14-24(38-2)15-11-22)33-28(25)32-29(31-26)35-18-16-34(17-19-35)21-6-4-3-5-7-21/h3-15H,16-19,30H2,1-2H3. The predicted octanol–water partition coefficient (Wildman–Crippen LogP) is 4.41. The van der Waals surface area contributed by atoms with Crippen LogP contribution in [0.4, 0.5) is 17.5 Å². The fourth-order valence-corrected chi connectivity index (χ4v) is 4.82. The summed E-state index contributed by atoms with van der Waals surface area (Å²) in [7, 11) is 3.30. The van der Waals surface area contributed by atoms with E-state index >= 15 is 0 Å². The molecule has 0 atom stereocenters. The smallest absolute Gasteiger partial charge is 0.228 e. The molecule has 38 heavy (non-hydrogen) atoms. The van der Waals surface area contributed by atoms with Crippen molar-refractivity contribution in [1.82, 2.24) is 19.7 Å². The summed E-state index contributed by atoms with van der Waals surface area (Å²) >= 11 is 0. The first-order valence-corrected chi connectivity index (χ1v) is 12.5. The molecule has 1 saturated heterocycles. The molecular formula is C29H29N7O2. The highest BCUT2D eigenvalue weighted by Gasteiger charge is 2.24. The van der Waals surface area contributed by atoms with Gasteiger partial charge in [0.15, 0.2) is 5.65 Å². The van der Waals surface area contributed by atoms with Gasteiger partial charge in [-0.25, -0.2) is 9.67 Å². The van der Waals surface area contributed by atoms with Crippen LogP contribution in [0.15, 0.2) is 78.9 Å². The number of anilines is 3. The summed E-state index contributed by atoms with van der Waals surface area (Å²) in [6, 6.07) is 25.9. The number of aromatic nitrogens is 4. The average molecular weight is 508 g/mol. The number of benzene rings is 3. The molecule has 0 saturated carbocycles. The number of piperazine rings is 1. The monoisotopic (exact) mass is 507 g/mol. The zero-order chi connectivity index (χ0) is 26.1. The van der Waals surface area contributed by atoms with Gasteiger partial charge in [0.2, 0.25) is 5.95 Å². The number of ether oxygens (including phenoxy) is 2. The van der Waals surface area contributed by atoms with Gasteiger partial charge >= 0.3 is 0 Å². The molecule has 0 amide bonds. The van der Waals surface area contributed by atoms with Crippen LogP contribution in [0.1, 0.15) is 0 Å². The Hall–Kier alpha value is -4.79. The summed E-state index contributed by atoms with van der Waals surface area (Å²) in [6.45, 7) is 3.37. The first-order valence-electron chi connectivity index (χ1n) is 12.5. The van der Waals surface area contributed by atoms with Crippen LogP contribution < -0.4 is 25.0 Å². The van der Waals surface area contributed by atoms with E-state index in [1.165, 1.54) is 5.69 Å². The largest absolute Gasteiger partial charge is 0.497 e. The second kappa shape index (κ2) is 9.93. The van der Waals surface area contributed by atoms with Crippen LogP contribution in [0.5, 0.6) is 11.5 Å². The highest BCUT2D eigenvalue weighted by molar-refractivity contribution is 5.99. The number of rotatable bonds is 6. The molecule has 9 nitrogen and oxygen atoms in total. The predicted molar refractivity (Wildman–Crippen MR) is 150 cm³/mol. The normalized spacial score (nSPS) is 13.6. The fraction of sp³-hybridized carbons (Fsp3) is 0.207. The lowest BCUT2D eigenvalue weighted by atomic mass is 10.1. The minimum Gasteiger partial charge on any atom is -0.497 e. The lowest BCUT2D eigenvalue weighted by Gasteiger charge is -2.36. The van der Waals surface area contributed by atoms with Crippen LogP contribution in [-0.2, 0) is 0 Å². The van der Waals surface area contributed by atoms with Crippen molar-refractivity contribution >= 4 is 28.5 Å². The van der Waals surface area contributed by atoms with E-state index in [0.717, 1.165) is 60.0 Å². The van der Waals surface area contributed by atoms with Crippen LogP contribution in [0, 0.1) is 0 Å². The molecule has 1 aliphatic heterocycles. The summed E-state index contributed by atoms with van der Waals surface area (Å²) in [5.74, 6) is 2.67. The summed E-state index contributed by atoms with van der Waals surface area (Å²) in [6.07, 6.45) is 0. The summed E-state index contributed by atoms with van der Waals surface area (Å²) < 4.78 is 12.4. The van der Waals surface area contributed by atoms with Gasteiger partial charge in [0.1, 0.15) is 17.3 Å². The van der Waals surface area contributed by atoms with Crippen LogP contribution >= 0.6 is 0 Å². The maximum Gasteiger partial charge on any atom is 0.228 e. The number of nitrogens with two attached hydrogens (primary N) is 1. The molecule has 192 valence electrons. The van der Waals surface area contributed by atoms with E-state index in [2.05, 4.69) is 34.1 Å². The van der Waals surface area contributed by atoms with Crippen molar-refractivity contribution in [2.45, 2.75) is 0 Å². The van der Waals surface area contributed by atoms with Crippen LogP contribution in [0.2, 0.25) is 0 Å². The lowest BCUT2D eigenvalue weighted by Crippen LogP contribution is -2.47. The van der Waals surface area contributed by atoms with Crippen molar-refractivity contribution in [3.63, 3.8) is 0 Å². The molecule has 0 radical (unpaired) electrons. The van der Waals surface area contributed by atoms with Crippen LogP contribution in [0.3, 0.4) is 0 Å². The SMILES string of the molecule is COc1ccc(-c2nc(N3CCN(c4ccccc4)CC3)nc3nn(-c4ccc(OC)cc4)c(N)c23)cc1. The van der Waals surface area contributed by atoms with Gasteiger partial charge < -0.3 is 25.0 Å². The molecule has 0 spiro atoms. The van der Waals surface area contributed by atoms with E-state index in [9.17, 15) is 0 Å². The van der Waals surface area contributed by atoms with E-state index in [1.54, 1.807) is 18.9 Å². The Morgan fingerprint density at radius 1 is 0.684 bits per heavy atom. The Morgan fingerprint density at radius 2 is 1.29 bits per heavy atom. The topological polar surface area (TPSA) is 94.6 Å². The van der Waals surface area contributed by atoms with Gasteiger partial charge in [-0.15, -0.1) is 5.10 Å². The van der Waals surface area contributed by atoms with Crippen LogP contribution in [0.25, 0.3) is 28.0 Å². The van der Waals surface area contributed by atoms with Crippen molar-refractivity contribution in [3.05, 3.63) is 78.9 Å². The van der Waals surface area contributed by atoms with Gasteiger partial charge in [-0.1, -0.05) is 18.2 Å². The summed E-state index contributed by atoms with van der Waals surface area (Å²) in [5.41, 5.74) is 11.0. The second-order valence-electron chi connectivity index (χ2n) is 9.10. The number of methoxy groups -OCH3 is 2. The number of para-hydroxylation sites is 1. The van der Waals surface area contributed by atoms with Gasteiger partial charge in [0.25, 0.3) is 0 Å². The lowest BCUT2D eigenvalue weighted by molar-refractivity contribution is 0.414. The average Bonchev–Trinajstić information content (AvgIpc) is 3.33. The van der Waals surface area contributed by atoms with Crippen molar-refractivity contribution in [1.29, 1.82) is 0 Å².